The van der Waals surface area contributed by atoms with Crippen LogP contribution >= 0.6 is 24.2 Å². The molecule has 0 unspecified atom stereocenters. The number of hydrogen-bond donors (Lipinski definition) is 3. The fourth-order valence-electron chi connectivity index (χ4n) is 7.41. The first-order valence-electron chi connectivity index (χ1n) is 17.8. The molecular formula is C37H49ClFN7O5S2. The summed E-state index contributed by atoms with van der Waals surface area (Å²) >= 11 is 1.88. The third-order valence-corrected chi connectivity index (χ3v) is 13.8. The van der Waals surface area contributed by atoms with E-state index in [1.54, 1.807) is 35.2 Å². The number of nitrogens with two attached hydrogens (primary N) is 1. The number of aromatic nitrogens is 1. The van der Waals surface area contributed by atoms with Crippen LogP contribution in [-0.2, 0) is 27.8 Å². The van der Waals surface area contributed by atoms with Gasteiger partial charge >= 0.3 is 6.03 Å². The van der Waals surface area contributed by atoms with Crippen LogP contribution in [0.5, 0.6) is 0 Å². The van der Waals surface area contributed by atoms with Crippen molar-refractivity contribution in [2.24, 2.45) is 5.73 Å². The lowest BCUT2D eigenvalue weighted by Gasteiger charge is -2.35. The van der Waals surface area contributed by atoms with E-state index in [0.717, 1.165) is 52.7 Å². The summed E-state index contributed by atoms with van der Waals surface area (Å²) in [4.78, 5) is 42.3. The minimum Gasteiger partial charge on any atom is -0.339 e. The van der Waals surface area contributed by atoms with Gasteiger partial charge in [-0.3, -0.25) is 9.59 Å². The molecule has 0 saturated carbocycles. The number of urea groups is 1. The molecule has 12 nitrogen and oxygen atoms in total. The summed E-state index contributed by atoms with van der Waals surface area (Å²) in [6, 6.07) is 12.5. The number of benzene rings is 2. The van der Waals surface area contributed by atoms with E-state index >= 15 is 0 Å². The average molecular weight is 790 g/mol. The van der Waals surface area contributed by atoms with Gasteiger partial charge in [0.1, 0.15) is 5.83 Å². The fraction of sp³-hybridized carbons (Fsp3) is 0.486. The predicted octanol–water partition coefficient (Wildman–Crippen LogP) is 4.03. The van der Waals surface area contributed by atoms with Gasteiger partial charge in [-0.15, -0.1) is 12.4 Å². The summed E-state index contributed by atoms with van der Waals surface area (Å²) in [6.45, 7) is 3.81. The van der Waals surface area contributed by atoms with Gasteiger partial charge < -0.3 is 30.7 Å². The fourth-order valence-corrected chi connectivity index (χ4v) is 9.86. The molecule has 1 aromatic heterocycles. The normalized spacial score (nSPS) is 20.4. The molecule has 3 saturated heterocycles. The zero-order chi connectivity index (χ0) is 37.2. The SMILES string of the molecule is Cc1c(Cc2ccc(S(=O)(=O)N(C)C)cc2)c2cc(C(=O)N3CCN(C(=O)CCCC[C@@H]4SC[C@@H]5NC(=O)N[C@@H]54)CC3)ccc2n1C/C(F)=C/CN.Cl. The van der Waals surface area contributed by atoms with Gasteiger partial charge in [0.15, 0.2) is 0 Å². The number of unbranched alkanes of at least 4 members (excludes halogenated alkanes) is 1. The summed E-state index contributed by atoms with van der Waals surface area (Å²) in [5, 5.41) is 7.18. The zero-order valence-corrected chi connectivity index (χ0v) is 32.8. The monoisotopic (exact) mass is 789 g/mol. The van der Waals surface area contributed by atoms with Crippen LogP contribution in [0.15, 0.2) is 59.3 Å². The second kappa shape index (κ2) is 17.2. The van der Waals surface area contributed by atoms with Crippen molar-refractivity contribution in [3.05, 3.63) is 76.8 Å². The zero-order valence-electron chi connectivity index (χ0n) is 30.3. The Hall–Kier alpha value is -3.63. The maximum atomic E-state index is 14.8. The summed E-state index contributed by atoms with van der Waals surface area (Å²) in [5.74, 6) is 0.540. The van der Waals surface area contributed by atoms with Gasteiger partial charge in [-0.25, -0.2) is 21.9 Å². The number of carbonyl (C=O) groups excluding carboxylic acids is 3. The molecule has 3 fully saturated rings. The van der Waals surface area contributed by atoms with Crippen LogP contribution in [0.25, 0.3) is 10.9 Å². The van der Waals surface area contributed by atoms with Gasteiger partial charge in [0.2, 0.25) is 15.9 Å². The van der Waals surface area contributed by atoms with E-state index < -0.39 is 10.0 Å². The summed E-state index contributed by atoms with van der Waals surface area (Å²) in [7, 11) is -0.598. The Labute approximate surface area is 321 Å². The van der Waals surface area contributed by atoms with Crippen molar-refractivity contribution in [3.63, 3.8) is 0 Å². The third kappa shape index (κ3) is 8.86. The van der Waals surface area contributed by atoms with Crippen molar-refractivity contribution in [2.75, 3.05) is 52.6 Å². The Bertz CT molecular complexity index is 1960. The summed E-state index contributed by atoms with van der Waals surface area (Å²) < 4.78 is 43.1. The second-order valence-electron chi connectivity index (χ2n) is 13.9. The topological polar surface area (TPSA) is 150 Å². The standard InChI is InChI=1S/C37H48FN7O5S2.ClH/c1-24-29(20-25-8-11-28(12-9-25)52(49,50)42(2)3)30-21-26(10-13-32(30)45(24)22-27(38)14-15-39)36(47)44-18-16-43(17-19-44)34(46)7-5-4-6-33-35-31(23-51-33)40-37(48)41-35;/h8-14,21,31,33,35H,4-7,15-20,22-23,39H2,1-3H3,(H2,40,41,48);1H/b27-14-;/t31-,33-,35-;/m0./s1. The molecule has 3 aliphatic heterocycles. The van der Waals surface area contributed by atoms with E-state index in [1.807, 2.05) is 40.3 Å². The minimum absolute atomic E-state index is 0. The van der Waals surface area contributed by atoms with E-state index in [4.69, 9.17) is 5.73 Å². The first kappa shape index (κ1) is 40.6. The molecule has 53 heavy (non-hydrogen) atoms. The van der Waals surface area contributed by atoms with Crippen molar-refractivity contribution in [1.82, 2.24) is 29.3 Å². The van der Waals surface area contributed by atoms with Gasteiger partial charge in [0.05, 0.1) is 23.5 Å². The average Bonchev–Trinajstić information content (AvgIpc) is 3.77. The summed E-state index contributed by atoms with van der Waals surface area (Å²) in [6.07, 6.45) is 4.94. The molecule has 288 valence electrons. The molecule has 4 amide bonds. The van der Waals surface area contributed by atoms with E-state index in [0.29, 0.717) is 49.8 Å². The van der Waals surface area contributed by atoms with E-state index in [1.165, 1.54) is 24.5 Å². The third-order valence-electron chi connectivity index (χ3n) is 10.4. The number of amides is 4. The van der Waals surface area contributed by atoms with Crippen LogP contribution < -0.4 is 16.4 Å². The second-order valence-corrected chi connectivity index (χ2v) is 17.3. The lowest BCUT2D eigenvalue weighted by atomic mass is 10.0. The number of allylic oxidation sites excluding steroid dienone is 1. The van der Waals surface area contributed by atoms with Gasteiger partial charge in [0, 0.05) is 86.4 Å². The van der Waals surface area contributed by atoms with Gasteiger partial charge in [-0.2, -0.15) is 11.8 Å². The highest BCUT2D eigenvalue weighted by Crippen LogP contribution is 2.34. The highest BCUT2D eigenvalue weighted by molar-refractivity contribution is 8.00. The number of carbonyl (C=O) groups is 3. The van der Waals surface area contributed by atoms with Gasteiger partial charge in [-0.1, -0.05) is 18.6 Å². The molecule has 6 rings (SSSR count). The van der Waals surface area contributed by atoms with E-state index in [-0.39, 0.29) is 66.1 Å². The van der Waals surface area contributed by atoms with Crippen LogP contribution in [0, 0.1) is 6.92 Å². The van der Waals surface area contributed by atoms with Gasteiger partial charge in [-0.05, 0) is 73.7 Å². The number of piperazine rings is 1. The Balaban J connectivity index is 0.00000541. The summed E-state index contributed by atoms with van der Waals surface area (Å²) in [5.41, 5.74) is 9.49. The van der Waals surface area contributed by atoms with Crippen LogP contribution in [0.3, 0.4) is 0 Å². The molecular weight excluding hydrogens is 741 g/mol. The van der Waals surface area contributed by atoms with E-state index in [2.05, 4.69) is 10.6 Å². The molecule has 4 N–H and O–H groups in total. The smallest absolute Gasteiger partial charge is 0.315 e. The van der Waals surface area contributed by atoms with Gasteiger partial charge in [0.25, 0.3) is 5.91 Å². The van der Waals surface area contributed by atoms with Crippen LogP contribution in [0.4, 0.5) is 9.18 Å². The maximum Gasteiger partial charge on any atom is 0.315 e. The lowest BCUT2D eigenvalue weighted by Crippen LogP contribution is -2.50. The number of thioether (sulfide) groups is 1. The number of nitrogens with one attached hydrogen (secondary N) is 2. The minimum atomic E-state index is -3.58. The highest BCUT2D eigenvalue weighted by Gasteiger charge is 2.42. The molecule has 3 aromatic rings. The number of rotatable bonds is 13. The molecule has 2 aromatic carbocycles. The predicted molar refractivity (Wildman–Crippen MR) is 209 cm³/mol. The quantitative estimate of drug-likeness (QED) is 0.175. The Morgan fingerprint density at radius 2 is 1.74 bits per heavy atom. The number of fused-ring (bicyclic) bond motifs is 2. The Kier molecular flexibility index (Phi) is 13.2. The first-order valence-corrected chi connectivity index (χ1v) is 20.3. The number of hydrogen-bond acceptors (Lipinski definition) is 7. The molecule has 0 aliphatic carbocycles. The molecule has 0 spiro atoms. The maximum absolute atomic E-state index is 14.8. The number of sulfonamides is 1. The highest BCUT2D eigenvalue weighted by atomic mass is 35.5. The molecule has 0 radical (unpaired) electrons. The Morgan fingerprint density at radius 1 is 1.04 bits per heavy atom. The lowest BCUT2D eigenvalue weighted by molar-refractivity contribution is -0.132. The van der Waals surface area contributed by atoms with Crippen molar-refractivity contribution >= 4 is 62.9 Å². The van der Waals surface area contributed by atoms with Crippen molar-refractivity contribution < 1.29 is 27.2 Å². The number of nitrogens with zero attached hydrogens (tertiary/aromatic N) is 4. The molecule has 4 heterocycles. The number of halogens is 2. The van der Waals surface area contributed by atoms with Crippen molar-refractivity contribution in [2.45, 2.75) is 67.8 Å². The molecule has 3 aliphatic rings. The molecule has 0 bridgehead atoms. The van der Waals surface area contributed by atoms with Crippen molar-refractivity contribution in [3.8, 4) is 0 Å². The Morgan fingerprint density at radius 3 is 2.42 bits per heavy atom. The largest absolute Gasteiger partial charge is 0.339 e. The van der Waals surface area contributed by atoms with Crippen molar-refractivity contribution in [1.29, 1.82) is 0 Å². The van der Waals surface area contributed by atoms with Crippen LogP contribution in [0.1, 0.15) is 52.9 Å². The molecule has 16 heteroatoms. The van der Waals surface area contributed by atoms with Crippen LogP contribution in [0.2, 0.25) is 0 Å². The first-order chi connectivity index (χ1) is 24.9. The van der Waals surface area contributed by atoms with E-state index in [9.17, 15) is 27.2 Å². The van der Waals surface area contributed by atoms with Crippen LogP contribution in [-0.4, -0.2) is 115 Å². The molecule has 3 atom stereocenters.